The third-order valence-electron chi connectivity index (χ3n) is 4.44. The number of rotatable bonds is 3. The van der Waals surface area contributed by atoms with Gasteiger partial charge in [0.15, 0.2) is 0 Å². The van der Waals surface area contributed by atoms with Gasteiger partial charge in [0.05, 0.1) is 13.2 Å². The lowest BCUT2D eigenvalue weighted by Crippen LogP contribution is -2.37. The standard InChI is InChI=1S/C20H20FNO2/c1-14-19-13-17(21)8-7-16(19)10-11-22(14)20(23)9-6-15-4-3-5-18(12-15)24-2/h3-9,12-14H,10-11H2,1-2H3/b9-6+. The molecular formula is C20H20FNO2. The minimum Gasteiger partial charge on any atom is -0.497 e. The molecule has 0 saturated carbocycles. The van der Waals surface area contributed by atoms with Crippen LogP contribution in [-0.2, 0) is 11.2 Å². The quantitative estimate of drug-likeness (QED) is 0.799. The number of halogens is 1. The van der Waals surface area contributed by atoms with Gasteiger partial charge in [0.1, 0.15) is 11.6 Å². The Morgan fingerprint density at radius 2 is 2.12 bits per heavy atom. The smallest absolute Gasteiger partial charge is 0.247 e. The van der Waals surface area contributed by atoms with Crippen LogP contribution in [0.1, 0.15) is 29.7 Å². The van der Waals surface area contributed by atoms with Gasteiger partial charge < -0.3 is 9.64 Å². The van der Waals surface area contributed by atoms with Crippen LogP contribution in [0, 0.1) is 5.82 Å². The molecule has 3 nitrogen and oxygen atoms in total. The van der Waals surface area contributed by atoms with Gasteiger partial charge in [-0.25, -0.2) is 4.39 Å². The number of fused-ring (bicyclic) bond motifs is 1. The first-order chi connectivity index (χ1) is 11.6. The highest BCUT2D eigenvalue weighted by Gasteiger charge is 2.26. The van der Waals surface area contributed by atoms with Crippen LogP contribution in [0.15, 0.2) is 48.5 Å². The largest absolute Gasteiger partial charge is 0.497 e. The molecule has 0 saturated heterocycles. The molecule has 1 atom stereocenters. The monoisotopic (exact) mass is 325 g/mol. The molecule has 0 aliphatic carbocycles. The zero-order chi connectivity index (χ0) is 17.1. The second-order valence-electron chi connectivity index (χ2n) is 5.91. The number of carbonyl (C=O) groups excluding carboxylic acids is 1. The fourth-order valence-electron chi connectivity index (χ4n) is 3.09. The van der Waals surface area contributed by atoms with Crippen LogP contribution in [0.5, 0.6) is 5.75 Å². The maximum Gasteiger partial charge on any atom is 0.247 e. The van der Waals surface area contributed by atoms with Gasteiger partial charge in [-0.2, -0.15) is 0 Å². The highest BCUT2D eigenvalue weighted by atomic mass is 19.1. The van der Waals surface area contributed by atoms with Crippen molar-refractivity contribution in [2.75, 3.05) is 13.7 Å². The van der Waals surface area contributed by atoms with Crippen molar-refractivity contribution >= 4 is 12.0 Å². The average molecular weight is 325 g/mol. The van der Waals surface area contributed by atoms with Crippen molar-refractivity contribution in [2.45, 2.75) is 19.4 Å². The van der Waals surface area contributed by atoms with Crippen LogP contribution in [0.2, 0.25) is 0 Å². The van der Waals surface area contributed by atoms with Crippen LogP contribution in [0.3, 0.4) is 0 Å². The second kappa shape index (κ2) is 6.87. The molecule has 1 aliphatic rings. The maximum atomic E-state index is 13.5. The van der Waals surface area contributed by atoms with Crippen molar-refractivity contribution in [3.05, 3.63) is 71.0 Å². The number of nitrogens with zero attached hydrogens (tertiary/aromatic N) is 1. The van der Waals surface area contributed by atoms with Crippen molar-refractivity contribution in [2.24, 2.45) is 0 Å². The number of hydrogen-bond donors (Lipinski definition) is 0. The SMILES string of the molecule is COc1cccc(/C=C/C(=O)N2CCc3ccc(F)cc3C2C)c1. The Kier molecular flexibility index (Phi) is 4.65. The van der Waals surface area contributed by atoms with Gasteiger partial charge in [-0.1, -0.05) is 18.2 Å². The van der Waals surface area contributed by atoms with Gasteiger partial charge in [-0.15, -0.1) is 0 Å². The number of hydrogen-bond acceptors (Lipinski definition) is 2. The Balaban J connectivity index is 1.77. The fourth-order valence-corrected chi connectivity index (χ4v) is 3.09. The fraction of sp³-hybridized carbons (Fsp3) is 0.250. The highest BCUT2D eigenvalue weighted by molar-refractivity contribution is 5.92. The maximum absolute atomic E-state index is 13.5. The molecule has 1 amide bonds. The lowest BCUT2D eigenvalue weighted by atomic mass is 9.93. The van der Waals surface area contributed by atoms with Crippen LogP contribution in [0.4, 0.5) is 4.39 Å². The summed E-state index contributed by atoms with van der Waals surface area (Å²) in [5, 5.41) is 0. The molecule has 1 heterocycles. The van der Waals surface area contributed by atoms with Crippen LogP contribution >= 0.6 is 0 Å². The van der Waals surface area contributed by atoms with Crippen LogP contribution in [0.25, 0.3) is 6.08 Å². The third-order valence-corrected chi connectivity index (χ3v) is 4.44. The van der Waals surface area contributed by atoms with E-state index in [2.05, 4.69) is 0 Å². The summed E-state index contributed by atoms with van der Waals surface area (Å²) in [7, 11) is 1.61. The molecule has 1 unspecified atom stereocenters. The number of amides is 1. The van der Waals surface area contributed by atoms with Crippen molar-refractivity contribution in [3.8, 4) is 5.75 Å². The first-order valence-corrected chi connectivity index (χ1v) is 7.99. The van der Waals surface area contributed by atoms with E-state index in [4.69, 9.17) is 4.74 Å². The molecule has 124 valence electrons. The molecule has 0 aromatic heterocycles. The number of benzene rings is 2. The predicted octanol–water partition coefficient (Wildman–Crippen LogP) is 3.99. The molecule has 1 aliphatic heterocycles. The van der Waals surface area contributed by atoms with Gasteiger partial charge in [-0.05, 0) is 60.4 Å². The van der Waals surface area contributed by atoms with E-state index in [1.807, 2.05) is 37.3 Å². The van der Waals surface area contributed by atoms with Crippen LogP contribution < -0.4 is 4.74 Å². The van der Waals surface area contributed by atoms with E-state index in [0.29, 0.717) is 6.54 Å². The molecule has 3 rings (SSSR count). The van der Waals surface area contributed by atoms with Crippen molar-refractivity contribution in [3.63, 3.8) is 0 Å². The summed E-state index contributed by atoms with van der Waals surface area (Å²) in [6.45, 7) is 2.58. The molecular weight excluding hydrogens is 305 g/mol. The van der Waals surface area contributed by atoms with Crippen molar-refractivity contribution in [1.29, 1.82) is 0 Å². The summed E-state index contributed by atoms with van der Waals surface area (Å²) in [6.07, 6.45) is 4.09. The lowest BCUT2D eigenvalue weighted by Gasteiger charge is -2.34. The first-order valence-electron chi connectivity index (χ1n) is 7.99. The first kappa shape index (κ1) is 16.2. The van der Waals surface area contributed by atoms with E-state index >= 15 is 0 Å². The number of methoxy groups -OCH3 is 1. The highest BCUT2D eigenvalue weighted by Crippen LogP contribution is 2.30. The summed E-state index contributed by atoms with van der Waals surface area (Å²) in [5.74, 6) is 0.419. The Hall–Kier alpha value is -2.62. The topological polar surface area (TPSA) is 29.5 Å². The van der Waals surface area contributed by atoms with E-state index in [1.54, 1.807) is 24.2 Å². The van der Waals surface area contributed by atoms with E-state index in [9.17, 15) is 9.18 Å². The van der Waals surface area contributed by atoms with Gasteiger partial charge >= 0.3 is 0 Å². The Bertz CT molecular complexity index is 785. The second-order valence-corrected chi connectivity index (χ2v) is 5.91. The Morgan fingerprint density at radius 3 is 2.92 bits per heavy atom. The summed E-state index contributed by atoms with van der Waals surface area (Å²) in [4.78, 5) is 14.3. The lowest BCUT2D eigenvalue weighted by molar-refractivity contribution is -0.128. The van der Waals surface area contributed by atoms with Crippen molar-refractivity contribution < 1.29 is 13.9 Å². The normalized spacial score (nSPS) is 17.0. The minimum absolute atomic E-state index is 0.0692. The molecule has 24 heavy (non-hydrogen) atoms. The van der Waals surface area contributed by atoms with Gasteiger partial charge in [-0.3, -0.25) is 4.79 Å². The average Bonchev–Trinajstić information content (AvgIpc) is 2.60. The zero-order valence-corrected chi connectivity index (χ0v) is 13.8. The minimum atomic E-state index is -0.262. The Labute approximate surface area is 141 Å². The number of ether oxygens (including phenoxy) is 1. The molecule has 2 aromatic carbocycles. The molecule has 4 heteroatoms. The van der Waals surface area contributed by atoms with E-state index in [0.717, 1.165) is 28.9 Å². The molecule has 0 N–H and O–H groups in total. The zero-order valence-electron chi connectivity index (χ0n) is 13.8. The summed E-state index contributed by atoms with van der Waals surface area (Å²) in [5.41, 5.74) is 2.91. The van der Waals surface area contributed by atoms with Crippen LogP contribution in [-0.4, -0.2) is 24.5 Å². The van der Waals surface area contributed by atoms with E-state index < -0.39 is 0 Å². The van der Waals surface area contributed by atoms with Gasteiger partial charge in [0, 0.05) is 12.6 Å². The number of carbonyl (C=O) groups is 1. The summed E-state index contributed by atoms with van der Waals surface area (Å²) in [6, 6.07) is 12.2. The molecule has 0 radical (unpaired) electrons. The Morgan fingerprint density at radius 1 is 1.29 bits per heavy atom. The third kappa shape index (κ3) is 3.32. The predicted molar refractivity (Wildman–Crippen MR) is 92.3 cm³/mol. The molecule has 0 spiro atoms. The molecule has 0 fully saturated rings. The van der Waals surface area contributed by atoms with E-state index in [-0.39, 0.29) is 17.8 Å². The van der Waals surface area contributed by atoms with E-state index in [1.165, 1.54) is 12.1 Å². The summed E-state index contributed by atoms with van der Waals surface area (Å²) < 4.78 is 18.7. The van der Waals surface area contributed by atoms with Gasteiger partial charge in [0.2, 0.25) is 5.91 Å². The van der Waals surface area contributed by atoms with Crippen molar-refractivity contribution in [1.82, 2.24) is 4.90 Å². The molecule has 2 aromatic rings. The molecule has 0 bridgehead atoms. The van der Waals surface area contributed by atoms with Gasteiger partial charge in [0.25, 0.3) is 0 Å². The summed E-state index contributed by atoms with van der Waals surface area (Å²) >= 11 is 0.